The highest BCUT2D eigenvalue weighted by Gasteiger charge is 2.35. The first kappa shape index (κ1) is 28.5. The van der Waals surface area contributed by atoms with Crippen LogP contribution in [0.3, 0.4) is 0 Å². The summed E-state index contributed by atoms with van der Waals surface area (Å²) in [5.74, 6) is -0.905. The molecular weight excluding hydrogens is 531 g/mol. The third-order valence-corrected chi connectivity index (χ3v) is 7.94. The predicted molar refractivity (Wildman–Crippen MR) is 134 cm³/mol. The van der Waals surface area contributed by atoms with Gasteiger partial charge in [0.1, 0.15) is 5.75 Å². The van der Waals surface area contributed by atoms with E-state index in [0.29, 0.717) is 16.1 Å². The van der Waals surface area contributed by atoms with E-state index in [0.717, 1.165) is 13.2 Å². The average Bonchev–Trinajstić information content (AvgIpc) is 2.86. The van der Waals surface area contributed by atoms with E-state index in [1.807, 2.05) is 0 Å². The number of hydrogen-bond acceptors (Lipinski definition) is 5. The average molecular weight is 556 g/mol. The zero-order valence-corrected chi connectivity index (χ0v) is 21.9. The van der Waals surface area contributed by atoms with Crippen LogP contribution in [0.5, 0.6) is 5.75 Å². The lowest BCUT2D eigenvalue weighted by molar-refractivity contribution is -0.141. The maximum Gasteiger partial charge on any atom is 0.416 e. The SMILES string of the molecule is CCN(Cc1ccccc1-c1cc(CC(=O)OC)c(C(F)(F)F)cc1OC)S(=O)(=O)c1ccc(Cl)cc1. The largest absolute Gasteiger partial charge is 0.496 e. The van der Waals surface area contributed by atoms with Crippen LogP contribution in [0.25, 0.3) is 11.1 Å². The topological polar surface area (TPSA) is 72.9 Å². The molecule has 0 heterocycles. The summed E-state index contributed by atoms with van der Waals surface area (Å²) in [6, 6.07) is 14.6. The molecule has 198 valence electrons. The second-order valence-electron chi connectivity index (χ2n) is 8.00. The lowest BCUT2D eigenvalue weighted by Gasteiger charge is -2.23. The Morgan fingerprint density at radius 2 is 1.62 bits per heavy atom. The number of halogens is 4. The molecule has 0 radical (unpaired) electrons. The fraction of sp³-hybridized carbons (Fsp3) is 0.269. The van der Waals surface area contributed by atoms with E-state index in [9.17, 15) is 26.4 Å². The predicted octanol–water partition coefficient (Wildman–Crippen LogP) is 5.96. The molecule has 0 amide bonds. The minimum Gasteiger partial charge on any atom is -0.496 e. The van der Waals surface area contributed by atoms with Crippen LogP contribution in [-0.4, -0.2) is 39.5 Å². The fourth-order valence-electron chi connectivity index (χ4n) is 3.88. The summed E-state index contributed by atoms with van der Waals surface area (Å²) in [7, 11) is -1.57. The van der Waals surface area contributed by atoms with Gasteiger partial charge in [0.05, 0.1) is 31.1 Å². The highest BCUT2D eigenvalue weighted by atomic mass is 35.5. The molecule has 6 nitrogen and oxygen atoms in total. The second kappa shape index (κ2) is 11.5. The highest BCUT2D eigenvalue weighted by molar-refractivity contribution is 7.89. The van der Waals surface area contributed by atoms with Gasteiger partial charge in [0.25, 0.3) is 0 Å². The van der Waals surface area contributed by atoms with Gasteiger partial charge < -0.3 is 9.47 Å². The Morgan fingerprint density at radius 1 is 0.973 bits per heavy atom. The van der Waals surface area contributed by atoms with Crippen molar-refractivity contribution in [2.75, 3.05) is 20.8 Å². The van der Waals surface area contributed by atoms with Crippen LogP contribution in [0.2, 0.25) is 5.02 Å². The molecule has 0 saturated carbocycles. The number of ether oxygens (including phenoxy) is 2. The highest BCUT2D eigenvalue weighted by Crippen LogP contribution is 2.41. The van der Waals surface area contributed by atoms with Gasteiger partial charge in [-0.1, -0.05) is 42.8 Å². The van der Waals surface area contributed by atoms with Crippen molar-refractivity contribution in [1.82, 2.24) is 4.31 Å². The number of nitrogens with zero attached hydrogens (tertiary/aromatic N) is 1. The summed E-state index contributed by atoms with van der Waals surface area (Å²) in [5, 5.41) is 0.393. The second-order valence-corrected chi connectivity index (χ2v) is 10.4. The van der Waals surface area contributed by atoms with Gasteiger partial charge in [-0.3, -0.25) is 4.79 Å². The third-order valence-electron chi connectivity index (χ3n) is 5.75. The summed E-state index contributed by atoms with van der Waals surface area (Å²) in [4.78, 5) is 11.9. The third kappa shape index (κ3) is 6.44. The van der Waals surface area contributed by atoms with Crippen LogP contribution in [0.15, 0.2) is 65.6 Å². The molecule has 0 unspecified atom stereocenters. The molecular formula is C26H25ClF3NO5S. The Balaban J connectivity index is 2.13. The standard InChI is InChI=1S/C26H25ClF3NO5S/c1-4-31(37(33,34)20-11-9-19(27)10-12-20)16-17-7-5-6-8-21(17)22-13-18(14-25(32)36-3)23(26(28,29)30)15-24(22)35-2/h5-13,15H,4,14,16H2,1-3H3. The normalized spacial score (nSPS) is 12.0. The Bertz CT molecular complexity index is 1380. The maximum atomic E-state index is 13.8. The quantitative estimate of drug-likeness (QED) is 0.305. The van der Waals surface area contributed by atoms with Crippen LogP contribution < -0.4 is 4.74 Å². The van der Waals surface area contributed by atoms with Crippen molar-refractivity contribution >= 4 is 27.6 Å². The van der Waals surface area contributed by atoms with Gasteiger partial charge in [-0.05, 0) is 53.1 Å². The van der Waals surface area contributed by atoms with Crippen molar-refractivity contribution in [2.24, 2.45) is 0 Å². The molecule has 11 heteroatoms. The molecule has 0 aromatic heterocycles. The van der Waals surface area contributed by atoms with Crippen LogP contribution >= 0.6 is 11.6 Å². The smallest absolute Gasteiger partial charge is 0.416 e. The first-order valence-electron chi connectivity index (χ1n) is 11.1. The maximum absolute atomic E-state index is 13.8. The van der Waals surface area contributed by atoms with Crippen molar-refractivity contribution in [3.8, 4) is 16.9 Å². The summed E-state index contributed by atoms with van der Waals surface area (Å²) >= 11 is 5.90. The number of carbonyl (C=O) groups is 1. The van der Waals surface area contributed by atoms with Gasteiger partial charge >= 0.3 is 12.1 Å². The number of methoxy groups -OCH3 is 2. The Labute approximate surface area is 218 Å². The number of sulfonamides is 1. The van der Waals surface area contributed by atoms with Crippen molar-refractivity contribution in [1.29, 1.82) is 0 Å². The summed E-state index contributed by atoms with van der Waals surface area (Å²) in [6.07, 6.45) is -5.34. The van der Waals surface area contributed by atoms with Gasteiger partial charge in [-0.2, -0.15) is 17.5 Å². The molecule has 0 spiro atoms. The lowest BCUT2D eigenvalue weighted by atomic mass is 9.93. The van der Waals surface area contributed by atoms with Gasteiger partial charge in [0, 0.05) is 23.7 Å². The molecule has 0 fully saturated rings. The van der Waals surface area contributed by atoms with E-state index in [4.69, 9.17) is 16.3 Å². The van der Waals surface area contributed by atoms with E-state index in [1.165, 1.54) is 41.7 Å². The number of rotatable bonds is 9. The minimum atomic E-state index is -4.74. The van der Waals surface area contributed by atoms with Crippen molar-refractivity contribution < 1.29 is 35.9 Å². The van der Waals surface area contributed by atoms with E-state index in [-0.39, 0.29) is 34.9 Å². The van der Waals surface area contributed by atoms with Crippen molar-refractivity contribution in [3.05, 3.63) is 82.4 Å². The molecule has 0 aliphatic heterocycles. The number of hydrogen-bond donors (Lipinski definition) is 0. The Kier molecular flexibility index (Phi) is 8.88. The molecule has 3 rings (SSSR count). The van der Waals surface area contributed by atoms with Gasteiger partial charge in [-0.25, -0.2) is 8.42 Å². The van der Waals surface area contributed by atoms with Crippen LogP contribution in [0.4, 0.5) is 13.2 Å². The molecule has 0 aliphatic carbocycles. The van der Waals surface area contributed by atoms with Gasteiger partial charge in [0.2, 0.25) is 10.0 Å². The van der Waals surface area contributed by atoms with Crippen LogP contribution in [0.1, 0.15) is 23.6 Å². The number of esters is 1. The van der Waals surface area contributed by atoms with E-state index in [1.54, 1.807) is 31.2 Å². The Morgan fingerprint density at radius 3 is 2.19 bits per heavy atom. The molecule has 3 aromatic rings. The number of carbonyl (C=O) groups excluding carboxylic acids is 1. The lowest BCUT2D eigenvalue weighted by Crippen LogP contribution is -2.30. The van der Waals surface area contributed by atoms with Crippen molar-refractivity contribution in [3.63, 3.8) is 0 Å². The molecule has 3 aromatic carbocycles. The number of benzene rings is 3. The van der Waals surface area contributed by atoms with E-state index in [2.05, 4.69) is 4.74 Å². The van der Waals surface area contributed by atoms with E-state index >= 15 is 0 Å². The molecule has 37 heavy (non-hydrogen) atoms. The molecule has 0 bridgehead atoms. The summed E-state index contributed by atoms with van der Waals surface area (Å²) < 4.78 is 79.1. The van der Waals surface area contributed by atoms with Crippen LogP contribution in [0, 0.1) is 0 Å². The molecule has 0 atom stereocenters. The van der Waals surface area contributed by atoms with Gasteiger partial charge in [-0.15, -0.1) is 0 Å². The molecule has 0 N–H and O–H groups in total. The Hall–Kier alpha value is -3.08. The van der Waals surface area contributed by atoms with Crippen LogP contribution in [-0.2, 0) is 38.7 Å². The summed E-state index contributed by atoms with van der Waals surface area (Å²) in [6.45, 7) is 1.76. The zero-order chi connectivity index (χ0) is 27.4. The zero-order valence-electron chi connectivity index (χ0n) is 20.3. The minimum absolute atomic E-state index is 0.0590. The fourth-order valence-corrected chi connectivity index (χ4v) is 5.43. The van der Waals surface area contributed by atoms with Crippen molar-refractivity contribution in [2.45, 2.75) is 31.0 Å². The monoisotopic (exact) mass is 555 g/mol. The van der Waals surface area contributed by atoms with Gasteiger partial charge in [0.15, 0.2) is 0 Å². The number of alkyl halides is 3. The molecule has 0 aliphatic rings. The first-order valence-corrected chi connectivity index (χ1v) is 12.9. The summed E-state index contributed by atoms with van der Waals surface area (Å²) in [5.41, 5.74) is -0.0274. The van der Waals surface area contributed by atoms with E-state index < -0.39 is 34.2 Å². The first-order chi connectivity index (χ1) is 17.4. The molecule has 0 saturated heterocycles.